The van der Waals surface area contributed by atoms with E-state index < -0.39 is 10.0 Å². The van der Waals surface area contributed by atoms with Gasteiger partial charge in [-0.25, -0.2) is 13.4 Å². The second-order valence-electron chi connectivity index (χ2n) is 6.66. The summed E-state index contributed by atoms with van der Waals surface area (Å²) >= 11 is 1.54. The number of fused-ring (bicyclic) bond motifs is 1. The molecule has 0 atom stereocenters. The summed E-state index contributed by atoms with van der Waals surface area (Å²) in [5.74, 6) is 0. The molecule has 2 aromatic rings. The second kappa shape index (κ2) is 6.03. The van der Waals surface area contributed by atoms with Crippen LogP contribution in [0, 0.1) is 6.92 Å². The first-order chi connectivity index (χ1) is 11.5. The monoisotopic (exact) mass is 366 g/mol. The number of nitrogens with one attached hydrogen (secondary N) is 2. The number of rotatable bonds is 2. The largest absolute Gasteiger partial charge is 0.317 e. The van der Waals surface area contributed by atoms with Gasteiger partial charge in [-0.3, -0.25) is 0 Å². The van der Waals surface area contributed by atoms with E-state index in [0.29, 0.717) is 24.5 Å². The summed E-state index contributed by atoms with van der Waals surface area (Å²) in [6.07, 6.45) is 1.93. The van der Waals surface area contributed by atoms with Gasteiger partial charge in [0.2, 0.25) is 10.0 Å². The van der Waals surface area contributed by atoms with Crippen molar-refractivity contribution in [3.63, 3.8) is 0 Å². The smallest absolute Gasteiger partial charge is 0.243 e. The maximum Gasteiger partial charge on any atom is 0.243 e. The molecule has 1 spiro atoms. The lowest BCUT2D eigenvalue weighted by Gasteiger charge is -2.45. The van der Waals surface area contributed by atoms with Crippen molar-refractivity contribution in [1.82, 2.24) is 19.9 Å². The molecule has 0 aliphatic carbocycles. The maximum absolute atomic E-state index is 13.1. The van der Waals surface area contributed by atoms with E-state index >= 15 is 0 Å². The van der Waals surface area contributed by atoms with E-state index in [1.165, 1.54) is 11.3 Å². The number of hydrogen-bond acceptors (Lipinski definition) is 6. The van der Waals surface area contributed by atoms with Gasteiger partial charge in [-0.05, 0) is 51.1 Å². The molecule has 0 saturated carbocycles. The Morgan fingerprint density at radius 1 is 1.25 bits per heavy atom. The van der Waals surface area contributed by atoms with Crippen LogP contribution in [0.25, 0.3) is 10.2 Å². The van der Waals surface area contributed by atoms with Crippen LogP contribution >= 0.6 is 11.3 Å². The van der Waals surface area contributed by atoms with Crippen LogP contribution in [-0.4, -0.2) is 56.0 Å². The predicted molar refractivity (Wildman–Crippen MR) is 96.0 cm³/mol. The van der Waals surface area contributed by atoms with Crippen molar-refractivity contribution in [3.8, 4) is 0 Å². The van der Waals surface area contributed by atoms with E-state index in [1.54, 1.807) is 16.4 Å². The first kappa shape index (κ1) is 16.4. The third-order valence-electron chi connectivity index (χ3n) is 5.01. The van der Waals surface area contributed by atoms with Crippen molar-refractivity contribution in [3.05, 3.63) is 23.2 Å². The van der Waals surface area contributed by atoms with Gasteiger partial charge in [0.1, 0.15) is 0 Å². The average molecular weight is 367 g/mol. The van der Waals surface area contributed by atoms with E-state index in [9.17, 15) is 8.42 Å². The number of aryl methyl sites for hydroxylation is 1. The van der Waals surface area contributed by atoms with E-state index in [2.05, 4.69) is 15.6 Å². The normalized spacial score (nSPS) is 22.2. The van der Waals surface area contributed by atoms with Crippen molar-refractivity contribution >= 4 is 31.6 Å². The molecule has 2 aliphatic heterocycles. The molecular weight excluding hydrogens is 344 g/mol. The highest BCUT2D eigenvalue weighted by molar-refractivity contribution is 7.89. The van der Waals surface area contributed by atoms with Gasteiger partial charge in [0.15, 0.2) is 0 Å². The van der Waals surface area contributed by atoms with Crippen LogP contribution in [0.15, 0.2) is 23.1 Å². The van der Waals surface area contributed by atoms with Crippen LogP contribution in [-0.2, 0) is 10.0 Å². The Bertz CT molecular complexity index is 851. The highest BCUT2D eigenvalue weighted by Gasteiger charge is 2.40. The Kier molecular flexibility index (Phi) is 4.12. The molecule has 24 heavy (non-hydrogen) atoms. The number of hydrogen-bond donors (Lipinski definition) is 2. The minimum Gasteiger partial charge on any atom is -0.317 e. The summed E-state index contributed by atoms with van der Waals surface area (Å²) in [4.78, 5) is 4.79. The summed E-state index contributed by atoms with van der Waals surface area (Å²) in [6, 6.07) is 5.27. The molecule has 0 unspecified atom stereocenters. The lowest BCUT2D eigenvalue weighted by atomic mass is 9.87. The summed E-state index contributed by atoms with van der Waals surface area (Å²) < 4.78 is 28.8. The summed E-state index contributed by atoms with van der Waals surface area (Å²) in [5.41, 5.74) is 0.786. The summed E-state index contributed by atoms with van der Waals surface area (Å²) in [7, 11) is -3.47. The van der Waals surface area contributed by atoms with Gasteiger partial charge in [-0.2, -0.15) is 4.31 Å². The van der Waals surface area contributed by atoms with E-state index in [1.807, 2.05) is 13.0 Å². The van der Waals surface area contributed by atoms with Crippen molar-refractivity contribution < 1.29 is 8.42 Å². The lowest BCUT2D eigenvalue weighted by molar-refractivity contribution is 0.157. The van der Waals surface area contributed by atoms with Crippen molar-refractivity contribution in [2.24, 2.45) is 0 Å². The Morgan fingerprint density at radius 3 is 2.83 bits per heavy atom. The van der Waals surface area contributed by atoms with Crippen LogP contribution in [0.4, 0.5) is 0 Å². The summed E-state index contributed by atoms with van der Waals surface area (Å²) in [6.45, 7) is 5.60. The zero-order valence-electron chi connectivity index (χ0n) is 13.7. The number of piperidine rings is 1. The van der Waals surface area contributed by atoms with Crippen LogP contribution in [0.5, 0.6) is 0 Å². The van der Waals surface area contributed by atoms with E-state index in [0.717, 1.165) is 41.2 Å². The fraction of sp³-hybridized carbons (Fsp3) is 0.562. The molecule has 2 saturated heterocycles. The number of sulfonamides is 1. The quantitative estimate of drug-likeness (QED) is 0.839. The molecule has 0 amide bonds. The molecule has 0 bridgehead atoms. The number of aromatic nitrogens is 1. The van der Waals surface area contributed by atoms with Gasteiger partial charge < -0.3 is 10.6 Å². The standard InChI is InChI=1S/C16H22N4O2S2/c1-12-19-14-3-2-13(10-15(14)23-12)24(21,22)20-9-8-18-16(11-20)4-6-17-7-5-16/h2-3,10,17-18H,4-9,11H2,1H3. The third-order valence-corrected chi connectivity index (χ3v) is 7.78. The average Bonchev–Trinajstić information content (AvgIpc) is 2.94. The van der Waals surface area contributed by atoms with Crippen molar-refractivity contribution in [2.75, 3.05) is 32.7 Å². The topological polar surface area (TPSA) is 74.3 Å². The number of benzene rings is 1. The Labute approximate surface area is 146 Å². The second-order valence-corrected chi connectivity index (χ2v) is 9.83. The van der Waals surface area contributed by atoms with Crippen LogP contribution < -0.4 is 10.6 Å². The minimum atomic E-state index is -3.47. The first-order valence-corrected chi connectivity index (χ1v) is 10.6. The van der Waals surface area contributed by atoms with E-state index in [-0.39, 0.29) is 5.54 Å². The molecule has 2 aliphatic rings. The van der Waals surface area contributed by atoms with Gasteiger partial charge in [0.25, 0.3) is 0 Å². The SMILES string of the molecule is Cc1nc2ccc(S(=O)(=O)N3CCNC4(CCNCC4)C3)cc2s1. The molecule has 130 valence electrons. The molecule has 6 nitrogen and oxygen atoms in total. The molecule has 0 radical (unpaired) electrons. The molecule has 2 fully saturated rings. The Hall–Kier alpha value is -1.06. The van der Waals surface area contributed by atoms with E-state index in [4.69, 9.17) is 0 Å². The number of nitrogens with zero attached hydrogens (tertiary/aromatic N) is 2. The fourth-order valence-corrected chi connectivity index (χ4v) is 6.19. The predicted octanol–water partition coefficient (Wildman–Crippen LogP) is 1.32. The van der Waals surface area contributed by atoms with Gasteiger partial charge >= 0.3 is 0 Å². The van der Waals surface area contributed by atoms with Gasteiger partial charge in [0.05, 0.1) is 20.1 Å². The third kappa shape index (κ3) is 2.86. The number of thiazole rings is 1. The molecule has 1 aromatic heterocycles. The van der Waals surface area contributed by atoms with Crippen molar-refractivity contribution in [2.45, 2.75) is 30.2 Å². The highest BCUT2D eigenvalue weighted by atomic mass is 32.2. The van der Waals surface area contributed by atoms with Gasteiger partial charge in [0, 0.05) is 25.2 Å². The van der Waals surface area contributed by atoms with Crippen molar-refractivity contribution in [1.29, 1.82) is 0 Å². The molecule has 1 aromatic carbocycles. The lowest BCUT2D eigenvalue weighted by Crippen LogP contribution is -2.64. The molecule has 8 heteroatoms. The Morgan fingerprint density at radius 2 is 2.04 bits per heavy atom. The van der Waals surface area contributed by atoms with Gasteiger partial charge in [-0.15, -0.1) is 11.3 Å². The van der Waals surface area contributed by atoms with Crippen LogP contribution in [0.3, 0.4) is 0 Å². The molecule has 3 heterocycles. The van der Waals surface area contributed by atoms with Crippen LogP contribution in [0.1, 0.15) is 17.8 Å². The van der Waals surface area contributed by atoms with Gasteiger partial charge in [-0.1, -0.05) is 0 Å². The first-order valence-electron chi connectivity index (χ1n) is 8.32. The molecular formula is C16H22N4O2S2. The Balaban J connectivity index is 1.65. The van der Waals surface area contributed by atoms with Crippen LogP contribution in [0.2, 0.25) is 0 Å². The molecule has 4 rings (SSSR count). The summed E-state index contributed by atoms with van der Waals surface area (Å²) in [5, 5.41) is 7.87. The fourth-order valence-electron chi connectivity index (χ4n) is 3.69. The number of piperazine rings is 1. The minimum absolute atomic E-state index is 0.0816. The maximum atomic E-state index is 13.1. The highest BCUT2D eigenvalue weighted by Crippen LogP contribution is 2.29. The molecule has 2 N–H and O–H groups in total. The zero-order valence-corrected chi connectivity index (χ0v) is 15.3. The zero-order chi connectivity index (χ0) is 16.8.